The van der Waals surface area contributed by atoms with Crippen molar-refractivity contribution in [3.05, 3.63) is 42.0 Å². The molecule has 2 saturated heterocycles. The van der Waals surface area contributed by atoms with E-state index in [1.165, 1.54) is 12.2 Å². The third-order valence-electron chi connectivity index (χ3n) is 8.23. The predicted molar refractivity (Wildman–Crippen MR) is 176 cm³/mol. The number of amides is 6. The van der Waals surface area contributed by atoms with Gasteiger partial charge in [-0.1, -0.05) is 18.6 Å². The fraction of sp³-hybridized carbons (Fsp3) is 0.606. The third kappa shape index (κ3) is 10.6. The van der Waals surface area contributed by atoms with E-state index in [-0.39, 0.29) is 48.2 Å². The molecule has 3 atom stereocenters. The normalized spacial score (nSPS) is 20.9. The second-order valence-electron chi connectivity index (χ2n) is 13.2. The fourth-order valence-electron chi connectivity index (χ4n) is 5.53. The van der Waals surface area contributed by atoms with E-state index in [1.807, 2.05) is 39.5 Å². The molecule has 3 aliphatic heterocycles. The molecule has 3 aliphatic rings. The molecule has 0 saturated carbocycles. The van der Waals surface area contributed by atoms with Crippen LogP contribution < -0.4 is 26.2 Å². The molecule has 4 N–H and O–H groups in total. The van der Waals surface area contributed by atoms with E-state index in [1.54, 1.807) is 24.3 Å². The molecule has 0 aromatic heterocycles. The van der Waals surface area contributed by atoms with E-state index in [9.17, 15) is 24.0 Å². The van der Waals surface area contributed by atoms with Gasteiger partial charge in [0.15, 0.2) is 0 Å². The molecule has 0 radical (unpaired) electrons. The van der Waals surface area contributed by atoms with Crippen molar-refractivity contribution in [1.82, 2.24) is 21.3 Å². The summed E-state index contributed by atoms with van der Waals surface area (Å²) in [5, 5.41) is 12.2. The Morgan fingerprint density at radius 1 is 0.913 bits per heavy atom. The Kier molecular flexibility index (Phi) is 12.3. The first-order valence-corrected chi connectivity index (χ1v) is 17.0. The average molecular weight is 658 g/mol. The van der Waals surface area contributed by atoms with Gasteiger partial charge in [-0.25, -0.2) is 9.69 Å². The maximum atomic E-state index is 12.4. The molecular formula is C33H47N5O7S. The highest BCUT2D eigenvalue weighted by molar-refractivity contribution is 8.00. The number of carbonyl (C=O) groups excluding carboxylic acids is 5. The third-order valence-corrected chi connectivity index (χ3v) is 9.73. The molecule has 0 bridgehead atoms. The number of carbonyl (C=O) groups is 5. The monoisotopic (exact) mass is 657 g/mol. The van der Waals surface area contributed by atoms with Gasteiger partial charge in [-0.2, -0.15) is 11.8 Å². The number of imide groups is 1. The number of unbranched alkanes of at least 4 members (excludes halogenated alkanes) is 1. The second kappa shape index (κ2) is 15.9. The van der Waals surface area contributed by atoms with Crippen LogP contribution in [0.1, 0.15) is 65.4 Å². The van der Waals surface area contributed by atoms with Gasteiger partial charge >= 0.3 is 6.03 Å². The number of hydrogen-bond acceptors (Lipinski definition) is 8. The highest BCUT2D eigenvalue weighted by atomic mass is 32.2. The quantitative estimate of drug-likeness (QED) is 0.107. The summed E-state index contributed by atoms with van der Waals surface area (Å²) in [5.74, 6) is 0.0603. The van der Waals surface area contributed by atoms with Crippen molar-refractivity contribution in [2.75, 3.05) is 37.0 Å². The molecular weight excluding hydrogens is 610 g/mol. The Morgan fingerprint density at radius 2 is 1.61 bits per heavy atom. The van der Waals surface area contributed by atoms with Gasteiger partial charge in [0.05, 0.1) is 48.6 Å². The maximum absolute atomic E-state index is 12.4. The first kappa shape index (κ1) is 35.4. The zero-order chi connectivity index (χ0) is 33.3. The Bertz CT molecular complexity index is 1280. The van der Waals surface area contributed by atoms with E-state index >= 15 is 0 Å². The van der Waals surface area contributed by atoms with Crippen LogP contribution in [-0.4, -0.2) is 90.3 Å². The molecule has 3 heterocycles. The lowest BCUT2D eigenvalue weighted by Gasteiger charge is -2.32. The number of rotatable bonds is 18. The number of thioether (sulfide) groups is 1. The molecule has 4 rings (SSSR count). The number of fused-ring (bicyclic) bond motifs is 1. The number of ether oxygens (including phenoxy) is 2. The lowest BCUT2D eigenvalue weighted by atomic mass is 10.0. The van der Waals surface area contributed by atoms with Crippen LogP contribution in [0.5, 0.6) is 0 Å². The first-order valence-electron chi connectivity index (χ1n) is 16.0. The minimum absolute atomic E-state index is 0.0407. The minimum Gasteiger partial charge on any atom is -0.373 e. The number of nitrogens with zero attached hydrogens (tertiary/aromatic N) is 1. The topological polar surface area (TPSA) is 155 Å². The number of nitrogens with one attached hydrogen (secondary N) is 4. The van der Waals surface area contributed by atoms with Gasteiger partial charge < -0.3 is 30.7 Å². The van der Waals surface area contributed by atoms with Crippen molar-refractivity contribution in [3.63, 3.8) is 0 Å². The second-order valence-corrected chi connectivity index (χ2v) is 14.4. The summed E-state index contributed by atoms with van der Waals surface area (Å²) in [6, 6.07) is 7.11. The van der Waals surface area contributed by atoms with E-state index in [4.69, 9.17) is 9.47 Å². The lowest BCUT2D eigenvalue weighted by Crippen LogP contribution is -2.40. The molecule has 3 unspecified atom stereocenters. The summed E-state index contributed by atoms with van der Waals surface area (Å²) in [7, 11) is 0. The molecule has 1 aromatic carbocycles. The van der Waals surface area contributed by atoms with Gasteiger partial charge in [0.1, 0.15) is 0 Å². The molecule has 2 fully saturated rings. The van der Waals surface area contributed by atoms with Gasteiger partial charge in [-0.05, 0) is 64.7 Å². The van der Waals surface area contributed by atoms with Crippen LogP contribution >= 0.6 is 11.8 Å². The summed E-state index contributed by atoms with van der Waals surface area (Å²) in [4.78, 5) is 61.0. The van der Waals surface area contributed by atoms with Crippen molar-refractivity contribution < 1.29 is 33.4 Å². The summed E-state index contributed by atoms with van der Waals surface area (Å²) in [6.07, 6.45) is 6.54. The first-order chi connectivity index (χ1) is 21.8. The largest absolute Gasteiger partial charge is 0.373 e. The summed E-state index contributed by atoms with van der Waals surface area (Å²) >= 11 is 1.89. The molecule has 46 heavy (non-hydrogen) atoms. The van der Waals surface area contributed by atoms with Crippen molar-refractivity contribution in [2.45, 2.75) is 94.8 Å². The number of anilines is 1. The van der Waals surface area contributed by atoms with Gasteiger partial charge in [-0.15, -0.1) is 0 Å². The van der Waals surface area contributed by atoms with Crippen molar-refractivity contribution in [2.24, 2.45) is 0 Å². The molecule has 252 valence electrons. The van der Waals surface area contributed by atoms with Crippen LogP contribution in [0.4, 0.5) is 10.5 Å². The lowest BCUT2D eigenvalue weighted by molar-refractivity contribution is -0.127. The smallest absolute Gasteiger partial charge is 0.315 e. The van der Waals surface area contributed by atoms with E-state index in [0.717, 1.165) is 35.5 Å². The van der Waals surface area contributed by atoms with Crippen LogP contribution in [0.15, 0.2) is 36.4 Å². The van der Waals surface area contributed by atoms with Gasteiger partial charge in [0.25, 0.3) is 11.8 Å². The Balaban J connectivity index is 1.03. The van der Waals surface area contributed by atoms with Crippen LogP contribution in [0.25, 0.3) is 0 Å². The van der Waals surface area contributed by atoms with Crippen LogP contribution in [0, 0.1) is 0 Å². The van der Waals surface area contributed by atoms with Gasteiger partial charge in [0.2, 0.25) is 11.8 Å². The molecule has 6 amide bonds. The van der Waals surface area contributed by atoms with Crippen LogP contribution in [0.2, 0.25) is 0 Å². The number of urea groups is 1. The Labute approximate surface area is 275 Å². The highest BCUT2D eigenvalue weighted by Crippen LogP contribution is 2.33. The van der Waals surface area contributed by atoms with Crippen molar-refractivity contribution in [1.29, 1.82) is 0 Å². The molecule has 1 aromatic rings. The molecule has 12 nitrogen and oxygen atoms in total. The molecule has 13 heteroatoms. The molecule has 0 aliphatic carbocycles. The summed E-state index contributed by atoms with van der Waals surface area (Å²) in [5.41, 5.74) is 0.195. The summed E-state index contributed by atoms with van der Waals surface area (Å²) < 4.78 is 12.1. The minimum atomic E-state index is -0.574. The standard InChI is InChI=1S/C33H47N5O7S/c1-32(2,15-16-34-26(39)8-6-5-7-25-30-24(20-46-25)36-31(43)37-30)45-21-33(3,4)44-18-17-35-27(40)19-22-9-11-23(12-10-22)38-28(41)13-14-29(38)42/h9-14,24-25,30H,5-8,15-21H2,1-4H3,(H,34,39)(H,35,40)(H2,36,37,43). The average Bonchev–Trinajstić information content (AvgIpc) is 3.66. The van der Waals surface area contributed by atoms with Gasteiger partial charge in [-0.3, -0.25) is 19.2 Å². The fourth-order valence-corrected chi connectivity index (χ4v) is 7.08. The zero-order valence-electron chi connectivity index (χ0n) is 27.2. The predicted octanol–water partition coefficient (Wildman–Crippen LogP) is 2.60. The zero-order valence-corrected chi connectivity index (χ0v) is 28.0. The van der Waals surface area contributed by atoms with Gasteiger partial charge in [0, 0.05) is 42.7 Å². The SMILES string of the molecule is CC(C)(CCNC(=O)CCCCC1SCC2NC(=O)NC21)OCC(C)(C)OCCNC(=O)Cc1ccc(N2C(=O)C=CC2=O)cc1. The maximum Gasteiger partial charge on any atom is 0.315 e. The van der Waals surface area contributed by atoms with Crippen molar-refractivity contribution >= 4 is 47.1 Å². The van der Waals surface area contributed by atoms with E-state index in [0.29, 0.717) is 50.1 Å². The Morgan fingerprint density at radius 3 is 2.33 bits per heavy atom. The van der Waals surface area contributed by atoms with E-state index in [2.05, 4.69) is 21.3 Å². The van der Waals surface area contributed by atoms with Crippen LogP contribution in [0.3, 0.4) is 0 Å². The van der Waals surface area contributed by atoms with E-state index < -0.39 is 11.2 Å². The van der Waals surface area contributed by atoms with Crippen molar-refractivity contribution in [3.8, 4) is 0 Å². The van der Waals surface area contributed by atoms with Crippen LogP contribution in [-0.2, 0) is 35.1 Å². The summed E-state index contributed by atoms with van der Waals surface area (Å²) in [6.45, 7) is 9.37. The Hall–Kier alpha value is -3.42. The highest BCUT2D eigenvalue weighted by Gasteiger charge is 2.42. The molecule has 0 spiro atoms. The number of hydrogen-bond donors (Lipinski definition) is 4. The number of benzene rings is 1.